The zero-order valence-corrected chi connectivity index (χ0v) is 14.5. The summed E-state index contributed by atoms with van der Waals surface area (Å²) >= 11 is 1.14. The summed E-state index contributed by atoms with van der Waals surface area (Å²) in [4.78, 5) is 35.2. The largest absolute Gasteiger partial charge is 0.332 e. The second-order valence-corrected chi connectivity index (χ2v) is 6.41. The van der Waals surface area contributed by atoms with Crippen LogP contribution in [-0.4, -0.2) is 47.4 Å². The van der Waals surface area contributed by atoms with E-state index in [9.17, 15) is 9.59 Å². The first-order valence-electron chi connectivity index (χ1n) is 8.04. The maximum absolute atomic E-state index is 12.6. The number of aryl methyl sites for hydroxylation is 1. The number of nitrogens with one attached hydrogen (secondary N) is 1. The molecular weight excluding hydrogens is 354 g/mol. The van der Waals surface area contributed by atoms with Crippen molar-refractivity contribution < 1.29 is 9.59 Å². The average molecular weight is 369 g/mol. The summed E-state index contributed by atoms with van der Waals surface area (Å²) in [6.45, 7) is 1.58. The van der Waals surface area contributed by atoms with Crippen molar-refractivity contribution in [1.82, 2.24) is 29.0 Å². The monoisotopic (exact) mass is 369 g/mol. The van der Waals surface area contributed by atoms with Crippen LogP contribution in [0.5, 0.6) is 0 Å². The molecule has 10 heteroatoms. The van der Waals surface area contributed by atoms with Gasteiger partial charge in [0.05, 0.1) is 30.5 Å². The van der Waals surface area contributed by atoms with E-state index in [0.717, 1.165) is 18.0 Å². The van der Waals surface area contributed by atoms with Gasteiger partial charge in [-0.15, -0.1) is 5.10 Å². The van der Waals surface area contributed by atoms with Crippen LogP contribution in [0.3, 0.4) is 0 Å². The topological polar surface area (TPSA) is 106 Å². The minimum Gasteiger partial charge on any atom is -0.332 e. The van der Waals surface area contributed by atoms with Crippen LogP contribution < -0.4 is 5.32 Å². The molecule has 0 saturated heterocycles. The van der Waals surface area contributed by atoms with Crippen LogP contribution >= 0.6 is 11.5 Å². The van der Waals surface area contributed by atoms with Crippen molar-refractivity contribution >= 4 is 29.0 Å². The molecule has 9 nitrogen and oxygen atoms in total. The van der Waals surface area contributed by atoms with Crippen LogP contribution in [-0.2, 0) is 13.1 Å². The lowest BCUT2D eigenvalue weighted by Gasteiger charge is -2.19. The molecule has 4 heterocycles. The highest BCUT2D eigenvalue weighted by Crippen LogP contribution is 2.19. The quantitative estimate of drug-likeness (QED) is 0.749. The van der Waals surface area contributed by atoms with Gasteiger partial charge < -0.3 is 14.8 Å². The summed E-state index contributed by atoms with van der Waals surface area (Å²) in [6.07, 6.45) is 5.62. The number of pyridine rings is 1. The third-order valence-corrected chi connectivity index (χ3v) is 4.62. The van der Waals surface area contributed by atoms with Crippen molar-refractivity contribution in [3.8, 4) is 0 Å². The number of rotatable bonds is 3. The predicted octanol–water partition coefficient (Wildman–Crippen LogP) is 1.43. The van der Waals surface area contributed by atoms with Gasteiger partial charge in [-0.2, -0.15) is 0 Å². The Balaban J connectivity index is 1.58. The molecule has 26 heavy (non-hydrogen) atoms. The second kappa shape index (κ2) is 7.00. The molecule has 1 aliphatic rings. The first kappa shape index (κ1) is 16.3. The zero-order valence-electron chi connectivity index (χ0n) is 13.7. The molecule has 4 rings (SSSR count). The van der Waals surface area contributed by atoms with E-state index in [2.05, 4.69) is 24.9 Å². The zero-order chi connectivity index (χ0) is 17.9. The number of aromatic nitrogens is 5. The van der Waals surface area contributed by atoms with Gasteiger partial charge in [0.25, 0.3) is 11.8 Å². The van der Waals surface area contributed by atoms with Gasteiger partial charge in [-0.3, -0.25) is 14.6 Å². The number of imidazole rings is 1. The number of hydrogen-bond acceptors (Lipinski definition) is 7. The van der Waals surface area contributed by atoms with Crippen molar-refractivity contribution in [2.75, 3.05) is 11.9 Å². The van der Waals surface area contributed by atoms with Crippen LogP contribution in [0.15, 0.2) is 36.2 Å². The number of carbonyl (C=O) groups is 2. The molecular formula is C16H15N7O2S. The molecule has 0 saturated carbocycles. The van der Waals surface area contributed by atoms with Crippen molar-refractivity contribution in [3.63, 3.8) is 0 Å². The van der Waals surface area contributed by atoms with Crippen molar-refractivity contribution in [2.24, 2.45) is 0 Å². The normalized spacial score (nSPS) is 13.8. The van der Waals surface area contributed by atoms with Gasteiger partial charge in [-0.25, -0.2) is 4.98 Å². The number of fused-ring (bicyclic) bond motifs is 1. The predicted molar refractivity (Wildman–Crippen MR) is 93.7 cm³/mol. The summed E-state index contributed by atoms with van der Waals surface area (Å²) in [5.41, 5.74) is 1.93. The van der Waals surface area contributed by atoms with E-state index in [1.54, 1.807) is 41.1 Å². The van der Waals surface area contributed by atoms with E-state index in [0.29, 0.717) is 42.4 Å². The number of hydrogen-bond donors (Lipinski definition) is 1. The standard InChI is InChI=1S/C16H15N7O2S/c24-15(19-11-3-1-4-17-7-11)14-13-8-22(5-2-6-23(13)10-18-14)16(25)12-9-26-21-20-12/h1,3-4,7,9-10H,2,5-6,8H2,(H,19,24). The smallest absolute Gasteiger partial charge is 0.276 e. The Morgan fingerprint density at radius 1 is 1.27 bits per heavy atom. The van der Waals surface area contributed by atoms with Crippen LogP contribution in [0.4, 0.5) is 5.69 Å². The number of anilines is 1. The minimum atomic E-state index is -0.323. The molecule has 0 atom stereocenters. The molecule has 0 fully saturated rings. The lowest BCUT2D eigenvalue weighted by molar-refractivity contribution is 0.0738. The van der Waals surface area contributed by atoms with Crippen molar-refractivity contribution in [2.45, 2.75) is 19.5 Å². The van der Waals surface area contributed by atoms with Gasteiger partial charge in [0.2, 0.25) is 0 Å². The molecule has 132 valence electrons. The Morgan fingerprint density at radius 3 is 2.96 bits per heavy atom. The fourth-order valence-electron chi connectivity index (χ4n) is 2.87. The summed E-state index contributed by atoms with van der Waals surface area (Å²) < 4.78 is 5.67. The molecule has 2 amide bonds. The van der Waals surface area contributed by atoms with Gasteiger partial charge in [-0.1, -0.05) is 4.49 Å². The van der Waals surface area contributed by atoms with E-state index >= 15 is 0 Å². The maximum atomic E-state index is 12.6. The molecule has 0 unspecified atom stereocenters. The van der Waals surface area contributed by atoms with Crippen molar-refractivity contribution in [3.05, 3.63) is 53.3 Å². The van der Waals surface area contributed by atoms with Gasteiger partial charge in [-0.05, 0) is 30.1 Å². The van der Waals surface area contributed by atoms with Gasteiger partial charge in [0.1, 0.15) is 0 Å². The van der Waals surface area contributed by atoms with Crippen LogP contribution in [0.2, 0.25) is 0 Å². The molecule has 3 aromatic rings. The Labute approximate surface area is 152 Å². The summed E-state index contributed by atoms with van der Waals surface area (Å²) in [5.74, 6) is -0.511. The SMILES string of the molecule is O=C(Nc1cccnc1)c1ncn2c1CN(C(=O)c1csnn1)CCC2. The second-order valence-electron chi connectivity index (χ2n) is 5.80. The van der Waals surface area contributed by atoms with E-state index in [1.165, 1.54) is 0 Å². The molecule has 3 aromatic heterocycles. The molecule has 0 aromatic carbocycles. The Kier molecular flexibility index (Phi) is 4.40. The van der Waals surface area contributed by atoms with E-state index in [1.807, 2.05) is 4.57 Å². The summed E-state index contributed by atoms with van der Waals surface area (Å²) in [5, 5.41) is 8.26. The van der Waals surface area contributed by atoms with Crippen molar-refractivity contribution in [1.29, 1.82) is 0 Å². The fourth-order valence-corrected chi connectivity index (χ4v) is 3.30. The van der Waals surface area contributed by atoms with E-state index in [4.69, 9.17) is 0 Å². The van der Waals surface area contributed by atoms with Gasteiger partial charge >= 0.3 is 0 Å². The highest BCUT2D eigenvalue weighted by molar-refractivity contribution is 7.03. The fraction of sp³-hybridized carbons (Fsp3) is 0.250. The first-order valence-corrected chi connectivity index (χ1v) is 8.88. The van der Waals surface area contributed by atoms with Crippen LogP contribution in [0.1, 0.15) is 33.1 Å². The summed E-state index contributed by atoms with van der Waals surface area (Å²) in [6, 6.07) is 3.50. The highest BCUT2D eigenvalue weighted by atomic mass is 32.1. The number of nitrogens with zero attached hydrogens (tertiary/aromatic N) is 6. The van der Waals surface area contributed by atoms with Gasteiger partial charge in [0, 0.05) is 24.7 Å². The maximum Gasteiger partial charge on any atom is 0.276 e. The molecule has 1 aliphatic heterocycles. The highest BCUT2D eigenvalue weighted by Gasteiger charge is 2.26. The average Bonchev–Trinajstić information content (AvgIpc) is 3.28. The first-order chi connectivity index (χ1) is 12.7. The van der Waals surface area contributed by atoms with Gasteiger partial charge in [0.15, 0.2) is 11.4 Å². The summed E-state index contributed by atoms with van der Waals surface area (Å²) in [7, 11) is 0. The van der Waals surface area contributed by atoms with E-state index < -0.39 is 0 Å². The molecule has 0 radical (unpaired) electrons. The molecule has 0 bridgehead atoms. The molecule has 0 aliphatic carbocycles. The van der Waals surface area contributed by atoms with Crippen LogP contribution in [0, 0.1) is 0 Å². The van der Waals surface area contributed by atoms with Crippen LogP contribution in [0.25, 0.3) is 0 Å². The Hall–Kier alpha value is -3.14. The van der Waals surface area contributed by atoms with E-state index in [-0.39, 0.29) is 11.8 Å². The third kappa shape index (κ3) is 3.18. The number of carbonyl (C=O) groups excluding carboxylic acids is 2. The lowest BCUT2D eigenvalue weighted by Crippen LogP contribution is -2.31. The minimum absolute atomic E-state index is 0.188. The Morgan fingerprint density at radius 2 is 2.19 bits per heavy atom. The molecule has 1 N–H and O–H groups in total. The lowest BCUT2D eigenvalue weighted by atomic mass is 10.2. The Bertz CT molecular complexity index is 923. The number of amides is 2. The molecule has 0 spiro atoms. The third-order valence-electron chi connectivity index (χ3n) is 4.11.